The molecular formula is C20H30N6S2. The molecule has 2 fully saturated rings. The summed E-state index contributed by atoms with van der Waals surface area (Å²) < 4.78 is 0. The summed E-state index contributed by atoms with van der Waals surface area (Å²) in [5, 5.41) is 14.0. The van der Waals surface area contributed by atoms with E-state index < -0.39 is 0 Å². The molecular weight excluding hydrogens is 388 g/mol. The fraction of sp³-hybridized carbons (Fsp3) is 0.600. The van der Waals surface area contributed by atoms with E-state index in [4.69, 9.17) is 4.98 Å². The summed E-state index contributed by atoms with van der Waals surface area (Å²) in [6.45, 7) is 5.39. The molecule has 4 heterocycles. The second-order valence-corrected chi connectivity index (χ2v) is 9.18. The van der Waals surface area contributed by atoms with Gasteiger partial charge in [-0.3, -0.25) is 4.99 Å². The van der Waals surface area contributed by atoms with E-state index in [-0.39, 0.29) is 0 Å². The van der Waals surface area contributed by atoms with E-state index in [0.717, 1.165) is 57.9 Å². The molecule has 0 saturated carbocycles. The SMILES string of the molecule is CN=C(NCCc1csc(N2CCCC2)n1)NC1CCN(c2cccs2)CC1. The summed E-state index contributed by atoms with van der Waals surface area (Å²) >= 11 is 3.61. The Balaban J connectivity index is 1.18. The third-order valence-corrected chi connectivity index (χ3v) is 7.35. The molecule has 8 heteroatoms. The molecule has 0 spiro atoms. The second-order valence-electron chi connectivity index (χ2n) is 7.42. The number of nitrogens with zero attached hydrogens (tertiary/aromatic N) is 4. The predicted molar refractivity (Wildman–Crippen MR) is 121 cm³/mol. The highest BCUT2D eigenvalue weighted by Gasteiger charge is 2.20. The maximum Gasteiger partial charge on any atom is 0.191 e. The van der Waals surface area contributed by atoms with Gasteiger partial charge in [-0.2, -0.15) is 0 Å². The maximum atomic E-state index is 4.80. The number of nitrogens with one attached hydrogen (secondary N) is 2. The number of hydrogen-bond acceptors (Lipinski definition) is 6. The lowest BCUT2D eigenvalue weighted by atomic mass is 10.1. The lowest BCUT2D eigenvalue weighted by Gasteiger charge is -2.33. The van der Waals surface area contributed by atoms with Crippen LogP contribution in [0.4, 0.5) is 10.1 Å². The topological polar surface area (TPSA) is 55.8 Å². The number of aromatic nitrogens is 1. The molecule has 152 valence electrons. The van der Waals surface area contributed by atoms with Gasteiger partial charge in [0.15, 0.2) is 11.1 Å². The van der Waals surface area contributed by atoms with Crippen molar-refractivity contribution >= 4 is 38.8 Å². The van der Waals surface area contributed by atoms with Crippen molar-refractivity contribution in [2.24, 2.45) is 4.99 Å². The summed E-state index contributed by atoms with van der Waals surface area (Å²) in [7, 11) is 1.85. The van der Waals surface area contributed by atoms with E-state index in [1.165, 1.54) is 28.7 Å². The zero-order valence-corrected chi connectivity index (χ0v) is 18.2. The van der Waals surface area contributed by atoms with Gasteiger partial charge in [0.25, 0.3) is 0 Å². The van der Waals surface area contributed by atoms with E-state index >= 15 is 0 Å². The Morgan fingerprint density at radius 2 is 2.00 bits per heavy atom. The Labute approximate surface area is 175 Å². The standard InChI is InChI=1S/C20H30N6S2/c1-21-19(23-16-7-12-25(13-8-16)18-5-4-14-27-18)22-9-6-17-15-28-20(24-17)26-10-2-3-11-26/h4-5,14-16H,2-3,6-13H2,1H3,(H2,21,22,23). The number of aliphatic imine (C=N–C) groups is 1. The van der Waals surface area contributed by atoms with Gasteiger partial charge in [0.1, 0.15) is 0 Å². The summed E-state index contributed by atoms with van der Waals surface area (Å²) in [5.41, 5.74) is 1.18. The van der Waals surface area contributed by atoms with Crippen molar-refractivity contribution in [3.05, 3.63) is 28.6 Å². The number of piperidine rings is 1. The molecule has 0 bridgehead atoms. The zero-order valence-electron chi connectivity index (χ0n) is 16.6. The number of hydrogen-bond donors (Lipinski definition) is 2. The summed E-state index contributed by atoms with van der Waals surface area (Å²) in [6.07, 6.45) is 5.81. The number of guanidine groups is 1. The molecule has 4 rings (SSSR count). The van der Waals surface area contributed by atoms with Crippen LogP contribution in [0, 0.1) is 0 Å². The van der Waals surface area contributed by atoms with E-state index in [1.807, 2.05) is 18.4 Å². The molecule has 2 aliphatic rings. The molecule has 2 aliphatic heterocycles. The van der Waals surface area contributed by atoms with Crippen molar-refractivity contribution in [1.29, 1.82) is 0 Å². The van der Waals surface area contributed by atoms with Gasteiger partial charge in [0.2, 0.25) is 0 Å². The van der Waals surface area contributed by atoms with Crippen LogP contribution in [0.5, 0.6) is 0 Å². The molecule has 2 saturated heterocycles. The van der Waals surface area contributed by atoms with Gasteiger partial charge in [-0.1, -0.05) is 0 Å². The molecule has 2 N–H and O–H groups in total. The average molecular weight is 419 g/mol. The van der Waals surface area contributed by atoms with Crippen LogP contribution in [-0.4, -0.2) is 56.8 Å². The number of thiophene rings is 1. The number of anilines is 2. The molecule has 0 aromatic carbocycles. The van der Waals surface area contributed by atoms with E-state index in [2.05, 4.69) is 48.3 Å². The van der Waals surface area contributed by atoms with Gasteiger partial charge < -0.3 is 20.4 Å². The van der Waals surface area contributed by atoms with Crippen molar-refractivity contribution < 1.29 is 0 Å². The monoisotopic (exact) mass is 418 g/mol. The molecule has 0 aliphatic carbocycles. The first kappa shape index (κ1) is 19.5. The highest BCUT2D eigenvalue weighted by molar-refractivity contribution is 7.14. The highest BCUT2D eigenvalue weighted by atomic mass is 32.1. The van der Waals surface area contributed by atoms with Crippen LogP contribution in [0.15, 0.2) is 27.9 Å². The van der Waals surface area contributed by atoms with Gasteiger partial charge in [-0.05, 0) is 43.2 Å². The van der Waals surface area contributed by atoms with E-state index in [9.17, 15) is 0 Å². The van der Waals surface area contributed by atoms with Crippen LogP contribution < -0.4 is 20.4 Å². The van der Waals surface area contributed by atoms with Crippen LogP contribution in [0.2, 0.25) is 0 Å². The van der Waals surface area contributed by atoms with Crippen LogP contribution in [0.3, 0.4) is 0 Å². The fourth-order valence-electron chi connectivity index (χ4n) is 3.86. The summed E-state index contributed by atoms with van der Waals surface area (Å²) in [6, 6.07) is 4.84. The van der Waals surface area contributed by atoms with E-state index in [0.29, 0.717) is 6.04 Å². The minimum absolute atomic E-state index is 0.489. The molecule has 6 nitrogen and oxygen atoms in total. The van der Waals surface area contributed by atoms with Crippen LogP contribution in [0.1, 0.15) is 31.4 Å². The predicted octanol–water partition coefficient (Wildman–Crippen LogP) is 3.18. The van der Waals surface area contributed by atoms with Crippen molar-refractivity contribution in [2.45, 2.75) is 38.1 Å². The minimum Gasteiger partial charge on any atom is -0.363 e. The minimum atomic E-state index is 0.489. The van der Waals surface area contributed by atoms with Crippen LogP contribution >= 0.6 is 22.7 Å². The van der Waals surface area contributed by atoms with Crippen molar-refractivity contribution in [3.8, 4) is 0 Å². The number of thiazole rings is 1. The van der Waals surface area contributed by atoms with E-state index in [1.54, 1.807) is 11.3 Å². The van der Waals surface area contributed by atoms with Crippen LogP contribution in [-0.2, 0) is 6.42 Å². The first-order chi connectivity index (χ1) is 13.8. The Hall–Kier alpha value is -1.80. The summed E-state index contributed by atoms with van der Waals surface area (Å²) in [4.78, 5) is 14.1. The van der Waals surface area contributed by atoms with Crippen molar-refractivity contribution in [2.75, 3.05) is 49.6 Å². The Morgan fingerprint density at radius 3 is 2.71 bits per heavy atom. The zero-order chi connectivity index (χ0) is 19.2. The van der Waals surface area contributed by atoms with Gasteiger partial charge in [0, 0.05) is 57.6 Å². The van der Waals surface area contributed by atoms with Gasteiger partial charge in [-0.15, -0.1) is 22.7 Å². The largest absolute Gasteiger partial charge is 0.363 e. The second kappa shape index (κ2) is 9.60. The average Bonchev–Trinajstić information content (AvgIpc) is 3.50. The smallest absolute Gasteiger partial charge is 0.191 e. The Bertz CT molecular complexity index is 743. The first-order valence-corrected chi connectivity index (χ1v) is 12.0. The molecule has 2 aromatic rings. The first-order valence-electron chi connectivity index (χ1n) is 10.3. The Morgan fingerprint density at radius 1 is 1.18 bits per heavy atom. The number of rotatable bonds is 6. The molecule has 0 unspecified atom stereocenters. The lowest BCUT2D eigenvalue weighted by molar-refractivity contribution is 0.463. The van der Waals surface area contributed by atoms with Crippen molar-refractivity contribution in [3.63, 3.8) is 0 Å². The molecule has 0 radical (unpaired) electrons. The lowest BCUT2D eigenvalue weighted by Crippen LogP contribution is -2.49. The van der Waals surface area contributed by atoms with Crippen LogP contribution in [0.25, 0.3) is 0 Å². The highest BCUT2D eigenvalue weighted by Crippen LogP contribution is 2.25. The third kappa shape index (κ3) is 4.97. The van der Waals surface area contributed by atoms with Gasteiger partial charge >= 0.3 is 0 Å². The molecule has 0 amide bonds. The van der Waals surface area contributed by atoms with Gasteiger partial charge in [-0.25, -0.2) is 4.98 Å². The van der Waals surface area contributed by atoms with Gasteiger partial charge in [0.05, 0.1) is 10.7 Å². The third-order valence-electron chi connectivity index (χ3n) is 5.47. The maximum absolute atomic E-state index is 4.80. The Kier molecular flexibility index (Phi) is 6.69. The summed E-state index contributed by atoms with van der Waals surface area (Å²) in [5.74, 6) is 0.907. The normalized spacial score (nSPS) is 18.7. The molecule has 28 heavy (non-hydrogen) atoms. The fourth-order valence-corrected chi connectivity index (χ4v) is 5.55. The molecule has 0 atom stereocenters. The molecule has 2 aromatic heterocycles. The quantitative estimate of drug-likeness (QED) is 0.557. The van der Waals surface area contributed by atoms with Crippen molar-refractivity contribution in [1.82, 2.24) is 15.6 Å².